The molecule has 2 heterocycles. The highest BCUT2D eigenvalue weighted by molar-refractivity contribution is 7.99. The average molecular weight is 235 g/mol. The minimum atomic E-state index is 0.186. The van der Waals surface area contributed by atoms with Crippen LogP contribution in [0.2, 0.25) is 0 Å². The molecule has 2 rings (SSSR count). The zero-order valence-corrected chi connectivity index (χ0v) is 9.76. The average Bonchev–Trinajstić information content (AvgIpc) is 2.73. The number of nitrogens with two attached hydrogens (primary N) is 1. The molecule has 0 fully saturated rings. The molecule has 5 nitrogen and oxygen atoms in total. The monoisotopic (exact) mass is 235 g/mol. The van der Waals surface area contributed by atoms with E-state index in [0.717, 1.165) is 10.7 Å². The summed E-state index contributed by atoms with van der Waals surface area (Å²) in [7, 11) is 1.87. The van der Waals surface area contributed by atoms with Crippen molar-refractivity contribution in [2.24, 2.45) is 12.8 Å². The lowest BCUT2D eigenvalue weighted by atomic mass is 10.2. The van der Waals surface area contributed by atoms with E-state index in [1.165, 1.54) is 0 Å². The molecule has 84 valence electrons. The highest BCUT2D eigenvalue weighted by atomic mass is 32.2. The molecule has 16 heavy (non-hydrogen) atoms. The van der Waals surface area contributed by atoms with E-state index in [1.807, 2.05) is 19.2 Å². The summed E-state index contributed by atoms with van der Waals surface area (Å²) in [5.41, 5.74) is 6.93. The molecule has 0 spiro atoms. The van der Waals surface area contributed by atoms with Crippen LogP contribution < -0.4 is 5.73 Å². The summed E-state index contributed by atoms with van der Waals surface area (Å²) in [5, 5.41) is 5.08. The highest BCUT2D eigenvalue weighted by Gasteiger charge is 2.14. The lowest BCUT2D eigenvalue weighted by Gasteiger charge is -2.13. The van der Waals surface area contributed by atoms with Gasteiger partial charge in [-0.3, -0.25) is 4.98 Å². The first kappa shape index (κ1) is 11.1. The van der Waals surface area contributed by atoms with Crippen molar-refractivity contribution < 1.29 is 0 Å². The van der Waals surface area contributed by atoms with Gasteiger partial charge in [-0.15, -0.1) is 0 Å². The SMILES string of the molecule is Cn1ncnc1SC(CN)c1ccncc1. The standard InChI is InChI=1S/C10H13N5S/c1-15-10(13-7-14-15)16-9(6-11)8-2-4-12-5-3-8/h2-5,7,9H,6,11H2,1H3. The predicted molar refractivity (Wildman–Crippen MR) is 62.9 cm³/mol. The molecular weight excluding hydrogens is 222 g/mol. The normalized spacial score (nSPS) is 12.6. The number of nitrogens with zero attached hydrogens (tertiary/aromatic N) is 4. The largest absolute Gasteiger partial charge is 0.329 e. The fourth-order valence-electron chi connectivity index (χ4n) is 1.35. The van der Waals surface area contributed by atoms with E-state index in [0.29, 0.717) is 6.54 Å². The Labute approximate surface area is 98.1 Å². The Balaban J connectivity index is 2.16. The van der Waals surface area contributed by atoms with Crippen molar-refractivity contribution in [3.8, 4) is 0 Å². The smallest absolute Gasteiger partial charge is 0.186 e. The van der Waals surface area contributed by atoms with E-state index >= 15 is 0 Å². The zero-order valence-electron chi connectivity index (χ0n) is 8.95. The minimum absolute atomic E-state index is 0.186. The molecular formula is C10H13N5S. The third kappa shape index (κ3) is 2.40. The van der Waals surface area contributed by atoms with Crippen molar-refractivity contribution in [3.05, 3.63) is 36.4 Å². The van der Waals surface area contributed by atoms with Gasteiger partial charge < -0.3 is 5.73 Å². The van der Waals surface area contributed by atoms with Crippen molar-refractivity contribution in [1.82, 2.24) is 19.7 Å². The van der Waals surface area contributed by atoms with Gasteiger partial charge in [-0.25, -0.2) is 9.67 Å². The molecule has 0 saturated carbocycles. The van der Waals surface area contributed by atoms with Crippen molar-refractivity contribution in [3.63, 3.8) is 0 Å². The molecule has 1 atom stereocenters. The van der Waals surface area contributed by atoms with Gasteiger partial charge in [-0.2, -0.15) is 5.10 Å². The van der Waals surface area contributed by atoms with Gasteiger partial charge in [0.05, 0.1) is 0 Å². The first-order valence-corrected chi connectivity index (χ1v) is 5.80. The molecule has 2 aromatic heterocycles. The number of rotatable bonds is 4. The van der Waals surface area contributed by atoms with Gasteiger partial charge in [-0.1, -0.05) is 11.8 Å². The van der Waals surface area contributed by atoms with Gasteiger partial charge in [-0.05, 0) is 17.7 Å². The Kier molecular flexibility index (Phi) is 3.53. The van der Waals surface area contributed by atoms with E-state index < -0.39 is 0 Å². The van der Waals surface area contributed by atoms with Gasteiger partial charge in [0.15, 0.2) is 5.16 Å². The van der Waals surface area contributed by atoms with Crippen molar-refractivity contribution >= 4 is 11.8 Å². The van der Waals surface area contributed by atoms with Crippen LogP contribution in [-0.2, 0) is 7.05 Å². The van der Waals surface area contributed by atoms with Gasteiger partial charge in [0.2, 0.25) is 0 Å². The van der Waals surface area contributed by atoms with Crippen LogP contribution in [0.5, 0.6) is 0 Å². The van der Waals surface area contributed by atoms with Gasteiger partial charge in [0, 0.05) is 31.2 Å². The van der Waals surface area contributed by atoms with Gasteiger partial charge >= 0.3 is 0 Å². The van der Waals surface area contributed by atoms with Crippen LogP contribution in [0.1, 0.15) is 10.8 Å². The van der Waals surface area contributed by atoms with E-state index in [-0.39, 0.29) is 5.25 Å². The summed E-state index contributed by atoms with van der Waals surface area (Å²) < 4.78 is 1.74. The Bertz CT molecular complexity index is 441. The number of hydrogen-bond donors (Lipinski definition) is 1. The first-order chi connectivity index (χ1) is 7.81. The summed E-state index contributed by atoms with van der Waals surface area (Å²) in [5.74, 6) is 0. The summed E-state index contributed by atoms with van der Waals surface area (Å²) in [4.78, 5) is 8.17. The maximum absolute atomic E-state index is 5.77. The fourth-order valence-corrected chi connectivity index (χ4v) is 2.30. The molecule has 0 saturated heterocycles. The van der Waals surface area contributed by atoms with E-state index in [4.69, 9.17) is 5.73 Å². The number of thioether (sulfide) groups is 1. The molecule has 0 aliphatic carbocycles. The van der Waals surface area contributed by atoms with Crippen LogP contribution in [0.4, 0.5) is 0 Å². The van der Waals surface area contributed by atoms with Crippen LogP contribution in [0, 0.1) is 0 Å². The molecule has 0 aliphatic heterocycles. The highest BCUT2D eigenvalue weighted by Crippen LogP contribution is 2.32. The molecule has 0 radical (unpaired) electrons. The second kappa shape index (κ2) is 5.09. The summed E-state index contributed by atoms with van der Waals surface area (Å²) in [6, 6.07) is 3.95. The van der Waals surface area contributed by atoms with E-state index in [2.05, 4.69) is 15.1 Å². The lowest BCUT2D eigenvalue weighted by molar-refractivity contribution is 0.682. The molecule has 6 heteroatoms. The Morgan fingerprint density at radius 1 is 1.44 bits per heavy atom. The lowest BCUT2D eigenvalue weighted by Crippen LogP contribution is -2.10. The van der Waals surface area contributed by atoms with Crippen molar-refractivity contribution in [1.29, 1.82) is 0 Å². The van der Waals surface area contributed by atoms with Crippen molar-refractivity contribution in [2.45, 2.75) is 10.4 Å². The maximum Gasteiger partial charge on any atom is 0.186 e. The molecule has 0 aliphatic rings. The molecule has 0 aromatic carbocycles. The number of hydrogen-bond acceptors (Lipinski definition) is 5. The van der Waals surface area contributed by atoms with Gasteiger partial charge in [0.1, 0.15) is 6.33 Å². The van der Waals surface area contributed by atoms with Crippen LogP contribution in [0.3, 0.4) is 0 Å². The van der Waals surface area contributed by atoms with E-state index in [1.54, 1.807) is 35.2 Å². The summed E-state index contributed by atoms with van der Waals surface area (Å²) in [6.45, 7) is 0.557. The van der Waals surface area contributed by atoms with Crippen molar-refractivity contribution in [2.75, 3.05) is 6.54 Å². The van der Waals surface area contributed by atoms with Crippen LogP contribution in [0.15, 0.2) is 36.0 Å². The van der Waals surface area contributed by atoms with Crippen LogP contribution in [-0.4, -0.2) is 26.3 Å². The maximum atomic E-state index is 5.77. The molecule has 1 unspecified atom stereocenters. The number of pyridine rings is 1. The third-order valence-electron chi connectivity index (χ3n) is 2.21. The van der Waals surface area contributed by atoms with Crippen LogP contribution in [0.25, 0.3) is 0 Å². The third-order valence-corrected chi connectivity index (χ3v) is 3.54. The Hall–Kier alpha value is -1.40. The first-order valence-electron chi connectivity index (χ1n) is 4.92. The fraction of sp³-hybridized carbons (Fsp3) is 0.300. The molecule has 0 amide bonds. The zero-order chi connectivity index (χ0) is 11.4. The summed E-state index contributed by atoms with van der Waals surface area (Å²) in [6.07, 6.45) is 5.09. The van der Waals surface area contributed by atoms with Crippen LogP contribution >= 0.6 is 11.8 Å². The topological polar surface area (TPSA) is 69.6 Å². The molecule has 0 bridgehead atoms. The summed E-state index contributed by atoms with van der Waals surface area (Å²) >= 11 is 1.61. The number of aromatic nitrogens is 4. The number of aryl methyl sites for hydroxylation is 1. The minimum Gasteiger partial charge on any atom is -0.329 e. The molecule has 2 N–H and O–H groups in total. The second-order valence-corrected chi connectivity index (χ2v) is 4.46. The van der Waals surface area contributed by atoms with E-state index in [9.17, 15) is 0 Å². The molecule has 2 aromatic rings. The van der Waals surface area contributed by atoms with Gasteiger partial charge in [0.25, 0.3) is 0 Å². The Morgan fingerprint density at radius 3 is 2.75 bits per heavy atom. The second-order valence-electron chi connectivity index (χ2n) is 3.29. The predicted octanol–water partition coefficient (Wildman–Crippen LogP) is 1.00. The quantitative estimate of drug-likeness (QED) is 0.801. The Morgan fingerprint density at radius 2 is 2.19 bits per heavy atom.